The molecule has 0 amide bonds. The summed E-state index contributed by atoms with van der Waals surface area (Å²) in [6.45, 7) is 0.235. The van der Waals surface area contributed by atoms with E-state index in [1.807, 2.05) is 0 Å². The minimum absolute atomic E-state index is 0.440. The van der Waals surface area contributed by atoms with E-state index in [1.165, 1.54) is 0 Å². The largest absolute Gasteiger partial charge is 0.487 e. The maximum Gasteiger partial charge on any atom is 0.278 e. The molecule has 0 heterocycles. The van der Waals surface area contributed by atoms with Crippen molar-refractivity contribution in [2.75, 3.05) is 6.61 Å². The lowest BCUT2D eigenvalue weighted by Gasteiger charge is -2.11. The molecule has 0 saturated carbocycles. The van der Waals surface area contributed by atoms with Gasteiger partial charge in [0.15, 0.2) is 6.61 Å². The van der Waals surface area contributed by atoms with Crippen LogP contribution in [0.1, 0.15) is 6.92 Å². The maximum atomic E-state index is 12.3. The lowest BCUT2D eigenvalue weighted by Crippen LogP contribution is -2.20. The van der Waals surface area contributed by atoms with Gasteiger partial charge in [0, 0.05) is 6.92 Å². The van der Waals surface area contributed by atoms with Gasteiger partial charge in [-0.15, -0.1) is 0 Å². The van der Waals surface area contributed by atoms with Crippen molar-refractivity contribution in [3.05, 3.63) is 30.3 Å². The molecule has 0 N–H and O–H groups in total. The van der Waals surface area contributed by atoms with E-state index in [-0.39, 0.29) is 0 Å². The van der Waals surface area contributed by atoms with Crippen LogP contribution in [0.3, 0.4) is 0 Å². The number of benzene rings is 1. The molecule has 0 saturated heterocycles. The zero-order valence-electron chi connectivity index (χ0n) is 6.68. The molecule has 0 fully saturated rings. The summed E-state index contributed by atoms with van der Waals surface area (Å²) in [7, 11) is 0. The smallest absolute Gasteiger partial charge is 0.278 e. The molecule has 1 rings (SSSR count). The Labute approximate surface area is 70.0 Å². The van der Waals surface area contributed by atoms with Crippen molar-refractivity contribution >= 4 is 0 Å². The van der Waals surface area contributed by atoms with Crippen LogP contribution in [0.5, 0.6) is 5.75 Å². The van der Waals surface area contributed by atoms with Gasteiger partial charge in [-0.05, 0) is 18.2 Å². The molecule has 0 aliphatic heterocycles. The summed E-state index contributed by atoms with van der Waals surface area (Å²) in [5, 5.41) is 0. The fraction of sp³-hybridized carbons (Fsp3) is 0.333. The first-order chi connectivity index (χ1) is 5.58. The summed E-state index contributed by atoms with van der Waals surface area (Å²) in [6, 6.07) is 9.17. The van der Waals surface area contributed by atoms with Crippen LogP contribution in [0.4, 0.5) is 8.78 Å². The van der Waals surface area contributed by atoms with Gasteiger partial charge in [-0.3, -0.25) is 0 Å². The Kier molecular flexibility index (Phi) is 2.63. The van der Waals surface area contributed by atoms with Crippen LogP contribution < -0.4 is 4.74 Å². The monoisotopic (exact) mass is 171 g/mol. The van der Waals surface area contributed by atoms with Crippen LogP contribution in [0, 0.1) is 6.07 Å². The Bertz CT molecular complexity index is 228. The molecule has 1 aromatic carbocycles. The molecule has 12 heavy (non-hydrogen) atoms. The Morgan fingerprint density at radius 1 is 1.42 bits per heavy atom. The van der Waals surface area contributed by atoms with Gasteiger partial charge in [0.25, 0.3) is 5.92 Å². The molecular weight excluding hydrogens is 162 g/mol. The Morgan fingerprint density at radius 3 is 2.50 bits per heavy atom. The molecule has 0 aliphatic rings. The molecule has 1 aromatic rings. The zero-order valence-corrected chi connectivity index (χ0v) is 6.68. The van der Waals surface area contributed by atoms with Crippen LogP contribution in [-0.2, 0) is 0 Å². The van der Waals surface area contributed by atoms with Gasteiger partial charge in [-0.2, -0.15) is 0 Å². The topological polar surface area (TPSA) is 9.23 Å². The number of hydrogen-bond acceptors (Lipinski definition) is 1. The second kappa shape index (κ2) is 3.52. The van der Waals surface area contributed by atoms with Crippen molar-refractivity contribution in [3.8, 4) is 5.75 Å². The second-order valence-corrected chi connectivity index (χ2v) is 2.59. The van der Waals surface area contributed by atoms with Gasteiger partial charge in [-0.25, -0.2) is 8.78 Å². The average molecular weight is 171 g/mol. The van der Waals surface area contributed by atoms with Gasteiger partial charge in [0.1, 0.15) is 5.75 Å². The number of hydrogen-bond donors (Lipinski definition) is 0. The highest BCUT2D eigenvalue weighted by Crippen LogP contribution is 2.15. The molecular formula is C9H9F2O. The molecule has 0 aliphatic carbocycles. The van der Waals surface area contributed by atoms with Gasteiger partial charge in [-0.1, -0.05) is 12.1 Å². The maximum absolute atomic E-state index is 12.3. The van der Waals surface area contributed by atoms with E-state index in [0.29, 0.717) is 5.75 Å². The quantitative estimate of drug-likeness (QED) is 0.679. The van der Waals surface area contributed by atoms with E-state index >= 15 is 0 Å². The number of alkyl halides is 2. The van der Waals surface area contributed by atoms with Crippen molar-refractivity contribution in [1.82, 2.24) is 0 Å². The predicted molar refractivity (Wildman–Crippen MR) is 41.4 cm³/mol. The third-order valence-corrected chi connectivity index (χ3v) is 1.18. The Balaban J connectivity index is 2.44. The van der Waals surface area contributed by atoms with Crippen molar-refractivity contribution in [2.45, 2.75) is 12.8 Å². The normalized spacial score (nSPS) is 11.2. The lowest BCUT2D eigenvalue weighted by molar-refractivity contribution is -0.0229. The average Bonchev–Trinajstić information content (AvgIpc) is 2.02. The first-order valence-corrected chi connectivity index (χ1v) is 3.55. The molecule has 0 aromatic heterocycles. The van der Waals surface area contributed by atoms with Crippen LogP contribution in [0.25, 0.3) is 0 Å². The van der Waals surface area contributed by atoms with E-state index in [0.717, 1.165) is 6.92 Å². The van der Waals surface area contributed by atoms with E-state index in [2.05, 4.69) is 6.07 Å². The highest BCUT2D eigenvalue weighted by molar-refractivity contribution is 5.20. The van der Waals surface area contributed by atoms with Crippen molar-refractivity contribution in [2.24, 2.45) is 0 Å². The van der Waals surface area contributed by atoms with Crippen molar-refractivity contribution < 1.29 is 13.5 Å². The SMILES string of the molecule is CC(F)(F)COc1cc[c]cc1. The second-order valence-electron chi connectivity index (χ2n) is 2.59. The van der Waals surface area contributed by atoms with E-state index in [9.17, 15) is 8.78 Å². The third-order valence-electron chi connectivity index (χ3n) is 1.18. The summed E-state index contributed by atoms with van der Waals surface area (Å²) in [4.78, 5) is 0. The van der Waals surface area contributed by atoms with Crippen LogP contribution in [0.2, 0.25) is 0 Å². The fourth-order valence-electron chi connectivity index (χ4n) is 0.678. The van der Waals surface area contributed by atoms with Crippen molar-refractivity contribution in [3.63, 3.8) is 0 Å². The third kappa shape index (κ3) is 3.32. The highest BCUT2D eigenvalue weighted by atomic mass is 19.3. The molecule has 0 spiro atoms. The summed E-state index contributed by atoms with van der Waals surface area (Å²) in [5.74, 6) is -2.34. The molecule has 3 heteroatoms. The Hall–Kier alpha value is -1.12. The van der Waals surface area contributed by atoms with Gasteiger partial charge in [0.2, 0.25) is 0 Å². The first kappa shape index (κ1) is 8.97. The zero-order chi connectivity index (χ0) is 9.03. The molecule has 0 bridgehead atoms. The summed E-state index contributed by atoms with van der Waals surface area (Å²) < 4.78 is 29.4. The molecule has 65 valence electrons. The number of ether oxygens (including phenoxy) is 1. The van der Waals surface area contributed by atoms with Gasteiger partial charge < -0.3 is 4.74 Å². The lowest BCUT2D eigenvalue weighted by atomic mass is 10.3. The highest BCUT2D eigenvalue weighted by Gasteiger charge is 2.21. The predicted octanol–water partition coefficient (Wildman–Crippen LogP) is 2.52. The molecule has 0 unspecified atom stereocenters. The number of halogens is 2. The van der Waals surface area contributed by atoms with Crippen LogP contribution in [0.15, 0.2) is 24.3 Å². The number of rotatable bonds is 3. The standard InChI is InChI=1S/C9H9F2O/c1-9(10,11)7-12-8-5-3-2-4-6-8/h3-6H,7H2,1H3. The molecule has 0 atom stereocenters. The van der Waals surface area contributed by atoms with E-state index in [1.54, 1.807) is 24.3 Å². The summed E-state index contributed by atoms with van der Waals surface area (Å²) >= 11 is 0. The van der Waals surface area contributed by atoms with Crippen molar-refractivity contribution in [1.29, 1.82) is 0 Å². The Morgan fingerprint density at radius 2 is 2.00 bits per heavy atom. The van der Waals surface area contributed by atoms with Gasteiger partial charge in [0.05, 0.1) is 0 Å². The summed E-state index contributed by atoms with van der Waals surface area (Å²) in [5.41, 5.74) is 0. The van der Waals surface area contributed by atoms with E-state index < -0.39 is 12.5 Å². The minimum atomic E-state index is -2.78. The molecule has 1 radical (unpaired) electrons. The molecule has 1 nitrogen and oxygen atoms in total. The van der Waals surface area contributed by atoms with E-state index in [4.69, 9.17) is 4.74 Å². The first-order valence-electron chi connectivity index (χ1n) is 3.55. The minimum Gasteiger partial charge on any atom is -0.487 e. The van der Waals surface area contributed by atoms with Crippen LogP contribution >= 0.6 is 0 Å². The summed E-state index contributed by atoms with van der Waals surface area (Å²) in [6.07, 6.45) is 0. The fourth-order valence-corrected chi connectivity index (χ4v) is 0.678. The van der Waals surface area contributed by atoms with Crippen LogP contribution in [-0.4, -0.2) is 12.5 Å². The van der Waals surface area contributed by atoms with Gasteiger partial charge >= 0.3 is 0 Å².